The molecule has 0 amide bonds. The van der Waals surface area contributed by atoms with E-state index in [9.17, 15) is 9.90 Å². The number of aromatic nitrogens is 3. The molecule has 1 unspecified atom stereocenters. The van der Waals surface area contributed by atoms with Crippen molar-refractivity contribution in [3.05, 3.63) is 34.6 Å². The Kier molecular flexibility index (Phi) is 4.70. The van der Waals surface area contributed by atoms with Crippen LogP contribution in [-0.4, -0.2) is 19.8 Å². The van der Waals surface area contributed by atoms with E-state index in [-0.39, 0.29) is 23.2 Å². The van der Waals surface area contributed by atoms with Gasteiger partial charge in [-0.25, -0.2) is 0 Å². The van der Waals surface area contributed by atoms with Crippen LogP contribution in [0.3, 0.4) is 0 Å². The second kappa shape index (κ2) is 7.12. The fourth-order valence-corrected chi connectivity index (χ4v) is 3.79. The minimum absolute atomic E-state index is 0.0854. The highest BCUT2D eigenvalue weighted by atomic mass is 16.5. The topological polar surface area (TPSA) is 81.2 Å². The highest BCUT2D eigenvalue weighted by Crippen LogP contribution is 2.34. The maximum atomic E-state index is 12.6. The van der Waals surface area contributed by atoms with Gasteiger partial charge in [0.2, 0.25) is 5.82 Å². The predicted octanol–water partition coefficient (Wildman–Crippen LogP) is 3.63. The van der Waals surface area contributed by atoms with Gasteiger partial charge < -0.3 is 14.2 Å². The standard InChI is InChI=1S/C19H25N3O3/c23-16(13-7-4-2-1-3-5-8-13)18-20-17(21-25-18)15-9-6-12-22(19(15)24)14-10-11-14/h6,9,12-14,16,23H,1-5,7-8,10-11H2. The molecule has 1 N–H and O–H groups in total. The Morgan fingerprint density at radius 3 is 2.56 bits per heavy atom. The van der Waals surface area contributed by atoms with Crippen molar-refractivity contribution >= 4 is 0 Å². The Labute approximate surface area is 146 Å². The number of aliphatic hydroxyl groups is 1. The summed E-state index contributed by atoms with van der Waals surface area (Å²) in [4.78, 5) is 16.9. The first-order chi connectivity index (χ1) is 12.2. The Balaban J connectivity index is 1.55. The molecular formula is C19H25N3O3. The van der Waals surface area contributed by atoms with Crippen LogP contribution in [0.25, 0.3) is 11.4 Å². The van der Waals surface area contributed by atoms with Gasteiger partial charge in [0.1, 0.15) is 6.10 Å². The van der Waals surface area contributed by atoms with Crippen molar-refractivity contribution in [3.8, 4) is 11.4 Å². The summed E-state index contributed by atoms with van der Waals surface area (Å²) in [6, 6.07) is 3.87. The van der Waals surface area contributed by atoms with E-state index in [1.807, 2.05) is 12.3 Å². The smallest absolute Gasteiger partial charge is 0.262 e. The van der Waals surface area contributed by atoms with Crippen LogP contribution in [0, 0.1) is 5.92 Å². The van der Waals surface area contributed by atoms with Gasteiger partial charge in [0.05, 0.1) is 5.56 Å². The zero-order chi connectivity index (χ0) is 17.2. The second-order valence-corrected chi connectivity index (χ2v) is 7.37. The van der Waals surface area contributed by atoms with E-state index in [0.29, 0.717) is 11.6 Å². The van der Waals surface area contributed by atoms with Crippen LogP contribution in [-0.2, 0) is 0 Å². The molecule has 2 aromatic heterocycles. The molecule has 6 heteroatoms. The third-order valence-corrected chi connectivity index (χ3v) is 5.45. The first-order valence-electron chi connectivity index (χ1n) is 9.47. The SMILES string of the molecule is O=c1c(-c2noc(C(O)C3CCCCCCC3)n2)cccn1C1CC1. The summed E-state index contributed by atoms with van der Waals surface area (Å²) < 4.78 is 7.06. The number of hydrogen-bond acceptors (Lipinski definition) is 5. The van der Waals surface area contributed by atoms with Gasteiger partial charge in [0.25, 0.3) is 11.4 Å². The fourth-order valence-electron chi connectivity index (χ4n) is 3.79. The summed E-state index contributed by atoms with van der Waals surface area (Å²) >= 11 is 0. The summed E-state index contributed by atoms with van der Waals surface area (Å²) in [6.07, 6.45) is 11.1. The van der Waals surface area contributed by atoms with Crippen LogP contribution in [0.4, 0.5) is 0 Å². The van der Waals surface area contributed by atoms with E-state index in [1.54, 1.807) is 10.6 Å². The van der Waals surface area contributed by atoms with Crippen LogP contribution >= 0.6 is 0 Å². The minimum atomic E-state index is -0.742. The molecule has 1 atom stereocenters. The maximum Gasteiger partial charge on any atom is 0.262 e. The van der Waals surface area contributed by atoms with Gasteiger partial charge in [-0.1, -0.05) is 37.3 Å². The molecule has 0 spiro atoms. The van der Waals surface area contributed by atoms with Gasteiger partial charge in [0.15, 0.2) is 0 Å². The number of rotatable bonds is 4. The average Bonchev–Trinajstić information content (AvgIpc) is 3.31. The zero-order valence-corrected chi connectivity index (χ0v) is 14.4. The first-order valence-corrected chi connectivity index (χ1v) is 9.47. The van der Waals surface area contributed by atoms with Gasteiger partial charge in [-0.3, -0.25) is 4.79 Å². The van der Waals surface area contributed by atoms with Crippen molar-refractivity contribution in [1.29, 1.82) is 0 Å². The van der Waals surface area contributed by atoms with Gasteiger partial charge in [-0.05, 0) is 43.7 Å². The Bertz CT molecular complexity index is 770. The molecule has 0 aliphatic heterocycles. The van der Waals surface area contributed by atoms with Gasteiger partial charge in [-0.15, -0.1) is 0 Å². The van der Waals surface area contributed by atoms with E-state index in [2.05, 4.69) is 10.1 Å². The van der Waals surface area contributed by atoms with Crippen molar-refractivity contribution in [3.63, 3.8) is 0 Å². The monoisotopic (exact) mass is 343 g/mol. The minimum Gasteiger partial charge on any atom is -0.383 e. The van der Waals surface area contributed by atoms with Crippen LogP contribution in [0.1, 0.15) is 75.8 Å². The molecule has 0 aromatic carbocycles. The van der Waals surface area contributed by atoms with Crippen molar-refractivity contribution < 1.29 is 9.63 Å². The van der Waals surface area contributed by atoms with Crippen LogP contribution in [0.5, 0.6) is 0 Å². The zero-order valence-electron chi connectivity index (χ0n) is 14.4. The molecule has 0 bridgehead atoms. The predicted molar refractivity (Wildman–Crippen MR) is 93.0 cm³/mol. The van der Waals surface area contributed by atoms with E-state index in [4.69, 9.17) is 4.52 Å². The lowest BCUT2D eigenvalue weighted by Crippen LogP contribution is -2.20. The number of pyridine rings is 1. The summed E-state index contributed by atoms with van der Waals surface area (Å²) in [5.41, 5.74) is 0.354. The lowest BCUT2D eigenvalue weighted by molar-refractivity contribution is 0.0605. The van der Waals surface area contributed by atoms with E-state index in [0.717, 1.165) is 38.5 Å². The summed E-state index contributed by atoms with van der Waals surface area (Å²) in [5.74, 6) is 0.675. The molecule has 2 aliphatic carbocycles. The van der Waals surface area contributed by atoms with Gasteiger partial charge in [-0.2, -0.15) is 4.98 Å². The molecule has 0 saturated heterocycles. The van der Waals surface area contributed by atoms with Crippen molar-refractivity contribution in [2.75, 3.05) is 0 Å². The quantitative estimate of drug-likeness (QED) is 0.917. The average molecular weight is 343 g/mol. The van der Waals surface area contributed by atoms with Crippen LogP contribution < -0.4 is 5.56 Å². The lowest BCUT2D eigenvalue weighted by atomic mass is 9.87. The van der Waals surface area contributed by atoms with Gasteiger partial charge in [0, 0.05) is 12.2 Å². The van der Waals surface area contributed by atoms with Gasteiger partial charge >= 0.3 is 0 Å². The van der Waals surface area contributed by atoms with Crippen molar-refractivity contribution in [1.82, 2.24) is 14.7 Å². The van der Waals surface area contributed by atoms with Crippen LogP contribution in [0.15, 0.2) is 27.6 Å². The van der Waals surface area contributed by atoms with Crippen LogP contribution in [0.2, 0.25) is 0 Å². The number of aliphatic hydroxyl groups excluding tert-OH is 1. The normalized spacial score (nSPS) is 20.8. The molecule has 4 rings (SSSR count). The van der Waals surface area contributed by atoms with E-state index >= 15 is 0 Å². The summed E-state index contributed by atoms with van der Waals surface area (Å²) in [7, 11) is 0. The molecule has 2 fully saturated rings. The van der Waals surface area contributed by atoms with E-state index in [1.165, 1.54) is 19.3 Å². The molecule has 134 valence electrons. The van der Waals surface area contributed by atoms with E-state index < -0.39 is 6.10 Å². The molecule has 2 heterocycles. The first kappa shape index (κ1) is 16.5. The third-order valence-electron chi connectivity index (χ3n) is 5.45. The molecule has 0 radical (unpaired) electrons. The number of hydrogen-bond donors (Lipinski definition) is 1. The summed E-state index contributed by atoms with van der Waals surface area (Å²) in [5, 5.41) is 14.6. The van der Waals surface area contributed by atoms with Crippen molar-refractivity contribution in [2.45, 2.75) is 69.9 Å². The Morgan fingerprint density at radius 2 is 1.84 bits per heavy atom. The molecular weight excluding hydrogens is 318 g/mol. The Hall–Kier alpha value is -1.95. The summed E-state index contributed by atoms with van der Waals surface area (Å²) in [6.45, 7) is 0. The second-order valence-electron chi connectivity index (χ2n) is 7.37. The highest BCUT2D eigenvalue weighted by Gasteiger charge is 2.28. The third kappa shape index (κ3) is 3.54. The molecule has 2 aromatic rings. The molecule has 6 nitrogen and oxygen atoms in total. The molecule has 25 heavy (non-hydrogen) atoms. The van der Waals surface area contributed by atoms with Crippen molar-refractivity contribution in [2.24, 2.45) is 5.92 Å². The number of nitrogens with zero attached hydrogens (tertiary/aromatic N) is 3. The lowest BCUT2D eigenvalue weighted by Gasteiger charge is -2.22. The fraction of sp³-hybridized carbons (Fsp3) is 0.632. The highest BCUT2D eigenvalue weighted by molar-refractivity contribution is 5.52. The largest absolute Gasteiger partial charge is 0.383 e. The Morgan fingerprint density at radius 1 is 1.12 bits per heavy atom. The molecule has 2 saturated carbocycles. The maximum absolute atomic E-state index is 12.6. The molecule has 2 aliphatic rings.